The van der Waals surface area contributed by atoms with E-state index in [9.17, 15) is 19.7 Å². The fourth-order valence-corrected chi connectivity index (χ4v) is 3.29. The highest BCUT2D eigenvalue weighted by atomic mass is 16.6. The van der Waals surface area contributed by atoms with Gasteiger partial charge in [-0.3, -0.25) is 14.9 Å². The minimum absolute atomic E-state index is 0.0815. The van der Waals surface area contributed by atoms with Gasteiger partial charge in [-0.1, -0.05) is 66.7 Å². The second kappa shape index (κ2) is 9.47. The maximum atomic E-state index is 12.9. The van der Waals surface area contributed by atoms with E-state index in [1.165, 1.54) is 31.4 Å². The van der Waals surface area contributed by atoms with Crippen LogP contribution in [0.15, 0.2) is 84.9 Å². The molecule has 7 heteroatoms. The first kappa shape index (κ1) is 20.7. The number of hydrogen-bond donors (Lipinski definition) is 1. The summed E-state index contributed by atoms with van der Waals surface area (Å²) in [6.07, 6.45) is 0. The van der Waals surface area contributed by atoms with Crippen LogP contribution < -0.4 is 5.32 Å². The van der Waals surface area contributed by atoms with Crippen molar-refractivity contribution in [2.75, 3.05) is 7.11 Å². The van der Waals surface area contributed by atoms with Gasteiger partial charge in [-0.25, -0.2) is 4.79 Å². The Balaban J connectivity index is 2.01. The number of methoxy groups -OCH3 is 1. The first-order valence-electron chi connectivity index (χ1n) is 9.24. The second-order valence-corrected chi connectivity index (χ2v) is 6.58. The minimum atomic E-state index is -1.04. The van der Waals surface area contributed by atoms with Gasteiger partial charge in [-0.05, 0) is 17.2 Å². The van der Waals surface area contributed by atoms with Crippen LogP contribution in [0.5, 0.6) is 0 Å². The third-order valence-electron chi connectivity index (χ3n) is 4.71. The van der Waals surface area contributed by atoms with E-state index in [0.29, 0.717) is 0 Å². The number of benzene rings is 3. The van der Waals surface area contributed by atoms with E-state index in [1.54, 1.807) is 0 Å². The van der Waals surface area contributed by atoms with E-state index in [4.69, 9.17) is 4.74 Å². The fraction of sp³-hybridized carbons (Fsp3) is 0.130. The standard InChI is InChI=1S/C23H20N2O5/c1-30-23(27)21(24-22(26)18-13-8-14-19(15-18)25(28)29)20(16-9-4-2-5-10-16)17-11-6-3-7-12-17/h2-15,20-21H,1H3,(H,24,26)/t21-/m1/s1. The van der Waals surface area contributed by atoms with Crippen molar-refractivity contribution in [3.8, 4) is 0 Å². The molecule has 0 spiro atoms. The van der Waals surface area contributed by atoms with Gasteiger partial charge in [0, 0.05) is 23.6 Å². The SMILES string of the molecule is COC(=O)[C@H](NC(=O)c1cccc([N+](=O)[O-])c1)C(c1ccccc1)c1ccccc1. The van der Waals surface area contributed by atoms with Gasteiger partial charge in [0.1, 0.15) is 6.04 Å². The topological polar surface area (TPSA) is 98.5 Å². The quantitative estimate of drug-likeness (QED) is 0.368. The van der Waals surface area contributed by atoms with E-state index < -0.39 is 28.8 Å². The molecule has 0 fully saturated rings. The molecule has 7 nitrogen and oxygen atoms in total. The molecule has 1 N–H and O–H groups in total. The summed E-state index contributed by atoms with van der Waals surface area (Å²) in [7, 11) is 1.25. The van der Waals surface area contributed by atoms with E-state index >= 15 is 0 Å². The molecule has 3 aromatic rings. The number of carbonyl (C=O) groups is 2. The summed E-state index contributed by atoms with van der Waals surface area (Å²) in [6.45, 7) is 0. The smallest absolute Gasteiger partial charge is 0.329 e. The maximum absolute atomic E-state index is 12.9. The van der Waals surface area contributed by atoms with Crippen molar-refractivity contribution in [1.82, 2.24) is 5.32 Å². The number of nitro groups is 1. The molecule has 0 aliphatic heterocycles. The summed E-state index contributed by atoms with van der Waals surface area (Å²) in [5.74, 6) is -1.74. The van der Waals surface area contributed by atoms with Crippen LogP contribution in [0.4, 0.5) is 5.69 Å². The average Bonchev–Trinajstić information content (AvgIpc) is 2.79. The Morgan fingerprint density at radius 1 is 0.900 bits per heavy atom. The number of ether oxygens (including phenoxy) is 1. The summed E-state index contributed by atoms with van der Waals surface area (Å²) in [6, 6.07) is 22.9. The van der Waals surface area contributed by atoms with Crippen molar-refractivity contribution in [3.05, 3.63) is 112 Å². The number of esters is 1. The van der Waals surface area contributed by atoms with Crippen LogP contribution in [0, 0.1) is 10.1 Å². The maximum Gasteiger partial charge on any atom is 0.329 e. The Morgan fingerprint density at radius 3 is 1.97 bits per heavy atom. The summed E-state index contributed by atoms with van der Waals surface area (Å²) in [5.41, 5.74) is 1.51. The summed E-state index contributed by atoms with van der Waals surface area (Å²) in [5, 5.41) is 13.7. The van der Waals surface area contributed by atoms with Gasteiger partial charge in [-0.15, -0.1) is 0 Å². The lowest BCUT2D eigenvalue weighted by Gasteiger charge is -2.27. The third-order valence-corrected chi connectivity index (χ3v) is 4.71. The van der Waals surface area contributed by atoms with Crippen LogP contribution in [-0.2, 0) is 9.53 Å². The lowest BCUT2D eigenvalue weighted by Crippen LogP contribution is -2.46. The first-order valence-corrected chi connectivity index (χ1v) is 9.24. The monoisotopic (exact) mass is 404 g/mol. The van der Waals surface area contributed by atoms with Crippen LogP contribution in [-0.4, -0.2) is 30.0 Å². The van der Waals surface area contributed by atoms with E-state index in [-0.39, 0.29) is 11.3 Å². The van der Waals surface area contributed by atoms with Crippen molar-refractivity contribution in [2.24, 2.45) is 0 Å². The van der Waals surface area contributed by atoms with Crippen molar-refractivity contribution < 1.29 is 19.2 Å². The first-order chi connectivity index (χ1) is 14.5. The average molecular weight is 404 g/mol. The molecule has 0 unspecified atom stereocenters. The van der Waals surface area contributed by atoms with Crippen molar-refractivity contribution >= 4 is 17.6 Å². The van der Waals surface area contributed by atoms with Crippen molar-refractivity contribution in [3.63, 3.8) is 0 Å². The predicted octanol–water partition coefficient (Wildman–Crippen LogP) is 3.70. The molecule has 0 bridgehead atoms. The van der Waals surface area contributed by atoms with Gasteiger partial charge in [0.15, 0.2) is 0 Å². The largest absolute Gasteiger partial charge is 0.467 e. The molecule has 1 atom stereocenters. The molecule has 30 heavy (non-hydrogen) atoms. The van der Waals surface area contributed by atoms with Crippen molar-refractivity contribution in [1.29, 1.82) is 0 Å². The number of rotatable bonds is 7. The third kappa shape index (κ3) is 4.70. The van der Waals surface area contributed by atoms with Gasteiger partial charge in [-0.2, -0.15) is 0 Å². The zero-order valence-electron chi connectivity index (χ0n) is 16.2. The summed E-state index contributed by atoms with van der Waals surface area (Å²) in [4.78, 5) is 36.0. The van der Waals surface area contributed by atoms with Crippen LogP contribution in [0.2, 0.25) is 0 Å². The highest BCUT2D eigenvalue weighted by molar-refractivity contribution is 5.97. The molecular formula is C23H20N2O5. The highest BCUT2D eigenvalue weighted by Gasteiger charge is 2.33. The van der Waals surface area contributed by atoms with Gasteiger partial charge >= 0.3 is 5.97 Å². The fourth-order valence-electron chi connectivity index (χ4n) is 3.29. The van der Waals surface area contributed by atoms with E-state index in [2.05, 4.69) is 5.32 Å². The van der Waals surface area contributed by atoms with Crippen LogP contribution >= 0.6 is 0 Å². The molecule has 152 valence electrons. The van der Waals surface area contributed by atoms with Crippen LogP contribution in [0.3, 0.4) is 0 Å². The molecule has 3 aromatic carbocycles. The zero-order chi connectivity index (χ0) is 21.5. The highest BCUT2D eigenvalue weighted by Crippen LogP contribution is 2.29. The van der Waals surface area contributed by atoms with Crippen molar-refractivity contribution in [2.45, 2.75) is 12.0 Å². The van der Waals surface area contributed by atoms with E-state index in [1.807, 2.05) is 60.7 Å². The number of carbonyl (C=O) groups excluding carboxylic acids is 2. The number of hydrogen-bond acceptors (Lipinski definition) is 5. The minimum Gasteiger partial charge on any atom is -0.467 e. The second-order valence-electron chi connectivity index (χ2n) is 6.58. The van der Waals surface area contributed by atoms with Gasteiger partial charge < -0.3 is 10.1 Å². The lowest BCUT2D eigenvalue weighted by atomic mass is 9.84. The van der Waals surface area contributed by atoms with Gasteiger partial charge in [0.05, 0.1) is 12.0 Å². The number of nitrogens with zero attached hydrogens (tertiary/aromatic N) is 1. The molecule has 0 aliphatic carbocycles. The predicted molar refractivity (Wildman–Crippen MR) is 111 cm³/mol. The molecule has 0 heterocycles. The Hall–Kier alpha value is -4.00. The van der Waals surface area contributed by atoms with Gasteiger partial charge in [0.25, 0.3) is 11.6 Å². The number of non-ortho nitro benzene ring substituents is 1. The molecule has 0 aliphatic rings. The zero-order valence-corrected chi connectivity index (χ0v) is 16.2. The Kier molecular flexibility index (Phi) is 6.54. The number of nitro benzene ring substituents is 1. The molecule has 0 aromatic heterocycles. The van der Waals surface area contributed by atoms with Crippen LogP contribution in [0.1, 0.15) is 27.4 Å². The Morgan fingerprint density at radius 2 is 1.47 bits per heavy atom. The van der Waals surface area contributed by atoms with Crippen LogP contribution in [0.25, 0.3) is 0 Å². The Bertz CT molecular complexity index is 998. The molecule has 0 saturated heterocycles. The molecule has 3 rings (SSSR count). The molecule has 0 radical (unpaired) electrons. The normalized spacial score (nSPS) is 11.5. The molecule has 1 amide bonds. The molecule has 0 saturated carbocycles. The Labute approximate surface area is 173 Å². The lowest BCUT2D eigenvalue weighted by molar-refractivity contribution is -0.384. The van der Waals surface area contributed by atoms with E-state index in [0.717, 1.165) is 11.1 Å². The number of amides is 1. The number of nitrogens with one attached hydrogen (secondary N) is 1. The molecular weight excluding hydrogens is 384 g/mol. The van der Waals surface area contributed by atoms with Gasteiger partial charge in [0.2, 0.25) is 0 Å². The summed E-state index contributed by atoms with van der Waals surface area (Å²) < 4.78 is 4.97. The summed E-state index contributed by atoms with van der Waals surface area (Å²) >= 11 is 0.